The second-order valence-electron chi connectivity index (χ2n) is 3.87. The van der Waals surface area contributed by atoms with Crippen LogP contribution in [0.1, 0.15) is 26.2 Å². The van der Waals surface area contributed by atoms with Crippen molar-refractivity contribution in [2.75, 3.05) is 13.2 Å². The lowest BCUT2D eigenvalue weighted by atomic mass is 10.0. The van der Waals surface area contributed by atoms with Gasteiger partial charge in [-0.1, -0.05) is 0 Å². The van der Waals surface area contributed by atoms with Crippen LogP contribution in [0.3, 0.4) is 0 Å². The minimum Gasteiger partial charge on any atom is -0.481 e. The van der Waals surface area contributed by atoms with Crippen LogP contribution in [0.25, 0.3) is 0 Å². The molecule has 15 heavy (non-hydrogen) atoms. The Balaban J connectivity index is 2.21. The number of hydrogen-bond donors (Lipinski definition) is 2. The van der Waals surface area contributed by atoms with E-state index < -0.39 is 5.97 Å². The van der Waals surface area contributed by atoms with E-state index >= 15 is 0 Å². The van der Waals surface area contributed by atoms with Gasteiger partial charge in [0.05, 0.1) is 13.0 Å². The van der Waals surface area contributed by atoms with Crippen LogP contribution in [0.2, 0.25) is 0 Å². The van der Waals surface area contributed by atoms with Crippen molar-refractivity contribution in [1.82, 2.24) is 5.32 Å². The summed E-state index contributed by atoms with van der Waals surface area (Å²) < 4.78 is 5.21. The average molecular weight is 215 g/mol. The van der Waals surface area contributed by atoms with Gasteiger partial charge in [-0.3, -0.25) is 9.59 Å². The lowest BCUT2D eigenvalue weighted by Crippen LogP contribution is -2.38. The highest BCUT2D eigenvalue weighted by molar-refractivity contribution is 5.80. The molecule has 1 saturated heterocycles. The van der Waals surface area contributed by atoms with Gasteiger partial charge in [0, 0.05) is 25.0 Å². The maximum atomic E-state index is 11.3. The molecule has 0 aliphatic carbocycles. The van der Waals surface area contributed by atoms with Gasteiger partial charge in [-0.2, -0.15) is 0 Å². The predicted octanol–water partition coefficient (Wildman–Crippen LogP) is 0.392. The summed E-state index contributed by atoms with van der Waals surface area (Å²) >= 11 is 0. The largest absolute Gasteiger partial charge is 0.481 e. The lowest BCUT2D eigenvalue weighted by molar-refractivity contribution is -0.139. The van der Waals surface area contributed by atoms with Crippen LogP contribution in [0.4, 0.5) is 0 Å². The van der Waals surface area contributed by atoms with E-state index in [0.29, 0.717) is 12.5 Å². The maximum Gasteiger partial charge on any atom is 0.303 e. The SMILES string of the molecule is CC(NC(=O)CCC(=O)O)C1CCOC1. The molecule has 1 fully saturated rings. The number of carbonyl (C=O) groups excluding carboxylic acids is 1. The maximum absolute atomic E-state index is 11.3. The molecule has 0 radical (unpaired) electrons. The van der Waals surface area contributed by atoms with E-state index in [1.807, 2.05) is 6.92 Å². The van der Waals surface area contributed by atoms with Crippen LogP contribution >= 0.6 is 0 Å². The molecule has 0 aromatic rings. The Kier molecular flexibility index (Phi) is 4.55. The quantitative estimate of drug-likeness (QED) is 0.695. The number of carbonyl (C=O) groups is 2. The van der Waals surface area contributed by atoms with Crippen LogP contribution < -0.4 is 5.32 Å². The van der Waals surface area contributed by atoms with E-state index in [0.717, 1.165) is 13.0 Å². The number of carboxylic acid groups (broad SMARTS) is 1. The Morgan fingerprint density at radius 1 is 1.53 bits per heavy atom. The van der Waals surface area contributed by atoms with Crippen LogP contribution in [0.5, 0.6) is 0 Å². The molecule has 5 nitrogen and oxygen atoms in total. The Labute approximate surface area is 88.8 Å². The van der Waals surface area contributed by atoms with Crippen molar-refractivity contribution < 1.29 is 19.4 Å². The fourth-order valence-electron chi connectivity index (χ4n) is 1.61. The molecule has 2 unspecified atom stereocenters. The molecule has 1 amide bonds. The van der Waals surface area contributed by atoms with Crippen molar-refractivity contribution in [3.8, 4) is 0 Å². The molecule has 86 valence electrons. The summed E-state index contributed by atoms with van der Waals surface area (Å²) in [4.78, 5) is 21.5. The van der Waals surface area contributed by atoms with Crippen LogP contribution in [-0.4, -0.2) is 36.2 Å². The third-order valence-corrected chi connectivity index (χ3v) is 2.63. The molecule has 0 saturated carbocycles. The topological polar surface area (TPSA) is 75.6 Å². The molecular weight excluding hydrogens is 198 g/mol. The monoisotopic (exact) mass is 215 g/mol. The summed E-state index contributed by atoms with van der Waals surface area (Å²) in [5, 5.41) is 11.2. The fourth-order valence-corrected chi connectivity index (χ4v) is 1.61. The fraction of sp³-hybridized carbons (Fsp3) is 0.800. The molecule has 0 spiro atoms. The zero-order chi connectivity index (χ0) is 11.3. The van der Waals surface area contributed by atoms with Crippen LogP contribution in [0, 0.1) is 5.92 Å². The van der Waals surface area contributed by atoms with Gasteiger partial charge in [0.2, 0.25) is 5.91 Å². The molecule has 1 rings (SSSR count). The zero-order valence-electron chi connectivity index (χ0n) is 8.86. The van der Waals surface area contributed by atoms with E-state index in [1.165, 1.54) is 0 Å². The highest BCUT2D eigenvalue weighted by Gasteiger charge is 2.23. The van der Waals surface area contributed by atoms with Gasteiger partial charge in [0.15, 0.2) is 0 Å². The minimum absolute atomic E-state index is 0.0489. The van der Waals surface area contributed by atoms with Gasteiger partial charge in [-0.15, -0.1) is 0 Å². The third-order valence-electron chi connectivity index (χ3n) is 2.63. The van der Waals surface area contributed by atoms with Gasteiger partial charge in [0.25, 0.3) is 0 Å². The first-order chi connectivity index (χ1) is 7.09. The zero-order valence-corrected chi connectivity index (χ0v) is 8.86. The summed E-state index contributed by atoms with van der Waals surface area (Å²) in [6.07, 6.45) is 0.896. The normalized spacial score (nSPS) is 22.3. The van der Waals surface area contributed by atoms with Gasteiger partial charge in [-0.25, -0.2) is 0 Å². The van der Waals surface area contributed by atoms with E-state index in [-0.39, 0.29) is 24.8 Å². The van der Waals surface area contributed by atoms with E-state index in [2.05, 4.69) is 5.32 Å². The molecule has 0 aromatic carbocycles. The van der Waals surface area contributed by atoms with Crippen molar-refractivity contribution in [2.24, 2.45) is 5.92 Å². The minimum atomic E-state index is -0.943. The Morgan fingerprint density at radius 2 is 2.27 bits per heavy atom. The first-order valence-electron chi connectivity index (χ1n) is 5.18. The summed E-state index contributed by atoms with van der Waals surface area (Å²) in [6, 6.07) is 0.0637. The van der Waals surface area contributed by atoms with E-state index in [4.69, 9.17) is 9.84 Å². The Morgan fingerprint density at radius 3 is 2.80 bits per heavy atom. The van der Waals surface area contributed by atoms with Crippen molar-refractivity contribution in [3.05, 3.63) is 0 Å². The van der Waals surface area contributed by atoms with Crippen molar-refractivity contribution in [1.29, 1.82) is 0 Å². The van der Waals surface area contributed by atoms with Gasteiger partial charge < -0.3 is 15.2 Å². The molecular formula is C10H17NO4. The summed E-state index contributed by atoms with van der Waals surface area (Å²) in [5.74, 6) is -0.780. The molecule has 2 N–H and O–H groups in total. The van der Waals surface area contributed by atoms with Crippen molar-refractivity contribution in [2.45, 2.75) is 32.2 Å². The molecule has 1 aliphatic heterocycles. The summed E-state index contributed by atoms with van der Waals surface area (Å²) in [7, 11) is 0. The standard InChI is InChI=1S/C10H17NO4/c1-7(8-4-5-15-6-8)11-9(12)2-3-10(13)14/h7-8H,2-6H2,1H3,(H,11,12)(H,13,14). The Bertz CT molecular complexity index is 236. The van der Waals surface area contributed by atoms with Crippen molar-refractivity contribution >= 4 is 11.9 Å². The smallest absolute Gasteiger partial charge is 0.303 e. The number of carboxylic acids is 1. The van der Waals surface area contributed by atoms with E-state index in [9.17, 15) is 9.59 Å². The van der Waals surface area contributed by atoms with Gasteiger partial charge in [-0.05, 0) is 13.3 Å². The number of aliphatic carboxylic acids is 1. The Hall–Kier alpha value is -1.10. The summed E-state index contributed by atoms with van der Waals surface area (Å²) in [6.45, 7) is 3.36. The van der Waals surface area contributed by atoms with Crippen LogP contribution in [0.15, 0.2) is 0 Å². The molecule has 0 aromatic heterocycles. The first kappa shape index (κ1) is 12.0. The lowest BCUT2D eigenvalue weighted by Gasteiger charge is -2.18. The molecule has 2 atom stereocenters. The molecule has 1 heterocycles. The first-order valence-corrected chi connectivity index (χ1v) is 5.18. The van der Waals surface area contributed by atoms with Gasteiger partial charge >= 0.3 is 5.97 Å². The second kappa shape index (κ2) is 5.70. The van der Waals surface area contributed by atoms with Gasteiger partial charge in [0.1, 0.15) is 0 Å². The molecule has 0 bridgehead atoms. The average Bonchev–Trinajstić information content (AvgIpc) is 2.67. The van der Waals surface area contributed by atoms with E-state index in [1.54, 1.807) is 0 Å². The number of hydrogen-bond acceptors (Lipinski definition) is 3. The number of rotatable bonds is 5. The van der Waals surface area contributed by atoms with Crippen molar-refractivity contribution in [3.63, 3.8) is 0 Å². The summed E-state index contributed by atoms with van der Waals surface area (Å²) in [5.41, 5.74) is 0. The number of nitrogens with one attached hydrogen (secondary N) is 1. The highest BCUT2D eigenvalue weighted by atomic mass is 16.5. The number of ether oxygens (including phenoxy) is 1. The second-order valence-corrected chi connectivity index (χ2v) is 3.87. The molecule has 5 heteroatoms. The third kappa shape index (κ3) is 4.29. The van der Waals surface area contributed by atoms with Crippen LogP contribution in [-0.2, 0) is 14.3 Å². The highest BCUT2D eigenvalue weighted by Crippen LogP contribution is 2.16. The predicted molar refractivity (Wildman–Crippen MR) is 53.4 cm³/mol. The molecule has 1 aliphatic rings. The number of amides is 1.